The van der Waals surface area contributed by atoms with Crippen molar-refractivity contribution in [1.29, 1.82) is 0 Å². The van der Waals surface area contributed by atoms with Crippen LogP contribution in [0.1, 0.15) is 16.0 Å². The van der Waals surface area contributed by atoms with Crippen LogP contribution in [0.4, 0.5) is 8.78 Å². The third kappa shape index (κ3) is 3.29. The van der Waals surface area contributed by atoms with E-state index < -0.39 is 11.6 Å². The van der Waals surface area contributed by atoms with E-state index in [-0.39, 0.29) is 4.83 Å². The van der Waals surface area contributed by atoms with Gasteiger partial charge < -0.3 is 0 Å². The van der Waals surface area contributed by atoms with Crippen molar-refractivity contribution in [3.63, 3.8) is 0 Å². The van der Waals surface area contributed by atoms with E-state index in [1.165, 1.54) is 6.07 Å². The molecule has 18 heavy (non-hydrogen) atoms. The second kappa shape index (κ2) is 6.10. The molecule has 1 unspecified atom stereocenters. The quantitative estimate of drug-likeness (QED) is 0.468. The summed E-state index contributed by atoms with van der Waals surface area (Å²) in [6.45, 7) is 0. The molecule has 0 amide bonds. The van der Waals surface area contributed by atoms with Gasteiger partial charge in [-0.1, -0.05) is 40.2 Å². The van der Waals surface area contributed by atoms with Gasteiger partial charge in [-0.2, -0.15) is 0 Å². The van der Waals surface area contributed by atoms with Crippen LogP contribution in [-0.2, 0) is 6.42 Å². The molecule has 0 radical (unpaired) electrons. The lowest BCUT2D eigenvalue weighted by atomic mass is 10.0. The SMILES string of the molecule is Fc1cccc(CC(Br)c2cccc(I)c2)c1F. The molecule has 0 fully saturated rings. The van der Waals surface area contributed by atoms with E-state index in [1.54, 1.807) is 6.07 Å². The van der Waals surface area contributed by atoms with E-state index in [0.717, 1.165) is 15.2 Å². The molecule has 0 N–H and O–H groups in total. The maximum absolute atomic E-state index is 13.6. The van der Waals surface area contributed by atoms with Crippen LogP contribution in [0, 0.1) is 15.2 Å². The van der Waals surface area contributed by atoms with Gasteiger partial charge in [-0.25, -0.2) is 8.78 Å². The summed E-state index contributed by atoms with van der Waals surface area (Å²) in [5, 5.41) is 0. The molecule has 0 saturated heterocycles. The molecule has 0 aliphatic heterocycles. The Morgan fingerprint density at radius 3 is 2.56 bits per heavy atom. The molecule has 94 valence electrons. The number of hydrogen-bond donors (Lipinski definition) is 0. The van der Waals surface area contributed by atoms with Crippen LogP contribution >= 0.6 is 38.5 Å². The summed E-state index contributed by atoms with van der Waals surface area (Å²) in [6, 6.07) is 12.2. The largest absolute Gasteiger partial charge is 0.204 e. The Bertz CT molecular complexity index is 557. The Kier molecular flexibility index (Phi) is 4.72. The Morgan fingerprint density at radius 1 is 1.11 bits per heavy atom. The number of halogens is 4. The van der Waals surface area contributed by atoms with Gasteiger partial charge in [-0.15, -0.1) is 0 Å². The van der Waals surface area contributed by atoms with Crippen LogP contribution in [0.3, 0.4) is 0 Å². The predicted octanol–water partition coefficient (Wildman–Crippen LogP) is 5.25. The molecule has 0 bridgehead atoms. The second-order valence-electron chi connectivity index (χ2n) is 3.94. The molecule has 0 heterocycles. The summed E-state index contributed by atoms with van der Waals surface area (Å²) in [5.74, 6) is -1.55. The van der Waals surface area contributed by atoms with Gasteiger partial charge in [0.2, 0.25) is 0 Å². The van der Waals surface area contributed by atoms with Crippen LogP contribution in [0.25, 0.3) is 0 Å². The molecular weight excluding hydrogens is 413 g/mol. The van der Waals surface area contributed by atoms with Crippen molar-refractivity contribution in [2.45, 2.75) is 11.2 Å². The molecule has 2 rings (SSSR count). The van der Waals surface area contributed by atoms with Gasteiger partial charge in [0.15, 0.2) is 11.6 Å². The minimum atomic E-state index is -0.796. The third-order valence-corrected chi connectivity index (χ3v) is 4.16. The second-order valence-corrected chi connectivity index (χ2v) is 6.29. The molecular formula is C14H10BrF2I. The molecule has 0 aromatic heterocycles. The number of hydrogen-bond acceptors (Lipinski definition) is 0. The maximum Gasteiger partial charge on any atom is 0.162 e. The van der Waals surface area contributed by atoms with E-state index in [9.17, 15) is 8.78 Å². The minimum absolute atomic E-state index is 0.0245. The first-order chi connectivity index (χ1) is 8.58. The van der Waals surface area contributed by atoms with Crippen LogP contribution in [0.2, 0.25) is 0 Å². The lowest BCUT2D eigenvalue weighted by Gasteiger charge is -2.11. The Morgan fingerprint density at radius 2 is 1.83 bits per heavy atom. The number of rotatable bonds is 3. The van der Waals surface area contributed by atoms with Crippen LogP contribution < -0.4 is 0 Å². The van der Waals surface area contributed by atoms with Crippen LogP contribution in [0.15, 0.2) is 42.5 Å². The Labute approximate surface area is 127 Å². The highest BCUT2D eigenvalue weighted by atomic mass is 127. The first-order valence-electron chi connectivity index (χ1n) is 5.40. The van der Waals surface area contributed by atoms with Gasteiger partial charge in [0.1, 0.15) is 0 Å². The van der Waals surface area contributed by atoms with Crippen LogP contribution in [-0.4, -0.2) is 0 Å². The molecule has 0 aliphatic carbocycles. The summed E-state index contributed by atoms with van der Waals surface area (Å²) in [7, 11) is 0. The Balaban J connectivity index is 2.21. The lowest BCUT2D eigenvalue weighted by Crippen LogP contribution is -2.00. The zero-order valence-corrected chi connectivity index (χ0v) is 13.1. The van der Waals surface area contributed by atoms with Gasteiger partial charge >= 0.3 is 0 Å². The van der Waals surface area contributed by atoms with E-state index in [4.69, 9.17) is 0 Å². The van der Waals surface area contributed by atoms with Crippen molar-refractivity contribution in [2.75, 3.05) is 0 Å². The van der Waals surface area contributed by atoms with E-state index in [0.29, 0.717) is 12.0 Å². The predicted molar refractivity (Wildman–Crippen MR) is 80.9 cm³/mol. The van der Waals surface area contributed by atoms with Gasteiger partial charge in [0.25, 0.3) is 0 Å². The lowest BCUT2D eigenvalue weighted by molar-refractivity contribution is 0.498. The van der Waals surface area contributed by atoms with E-state index in [2.05, 4.69) is 38.5 Å². The molecule has 2 aromatic carbocycles. The van der Waals surface area contributed by atoms with Crippen LogP contribution in [0.5, 0.6) is 0 Å². The van der Waals surface area contributed by atoms with Gasteiger partial charge in [-0.05, 0) is 58.3 Å². The molecule has 1 atom stereocenters. The highest BCUT2D eigenvalue weighted by Gasteiger charge is 2.14. The molecule has 4 heteroatoms. The first-order valence-corrected chi connectivity index (χ1v) is 7.40. The zero-order chi connectivity index (χ0) is 13.1. The molecule has 0 nitrogen and oxygen atoms in total. The van der Waals surface area contributed by atoms with E-state index in [1.807, 2.05) is 24.3 Å². The van der Waals surface area contributed by atoms with Crippen molar-refractivity contribution in [3.8, 4) is 0 Å². The fraction of sp³-hybridized carbons (Fsp3) is 0.143. The highest BCUT2D eigenvalue weighted by molar-refractivity contribution is 14.1. The standard InChI is InChI=1S/C14H10BrF2I/c15-12(9-3-1-5-11(18)7-9)8-10-4-2-6-13(16)14(10)17/h1-7,12H,8H2. The fourth-order valence-corrected chi connectivity index (χ4v) is 2.92. The average Bonchev–Trinajstić information content (AvgIpc) is 2.35. The maximum atomic E-state index is 13.6. The van der Waals surface area contributed by atoms with Crippen molar-refractivity contribution < 1.29 is 8.78 Å². The molecule has 0 aliphatic rings. The number of alkyl halides is 1. The highest BCUT2D eigenvalue weighted by Crippen LogP contribution is 2.29. The Hall–Kier alpha value is -0.490. The van der Waals surface area contributed by atoms with E-state index >= 15 is 0 Å². The summed E-state index contributed by atoms with van der Waals surface area (Å²) >= 11 is 5.75. The fourth-order valence-electron chi connectivity index (χ4n) is 1.72. The number of benzene rings is 2. The minimum Gasteiger partial charge on any atom is -0.204 e. The smallest absolute Gasteiger partial charge is 0.162 e. The van der Waals surface area contributed by atoms with Crippen molar-refractivity contribution in [2.24, 2.45) is 0 Å². The monoisotopic (exact) mass is 422 g/mol. The molecule has 2 aromatic rings. The average molecular weight is 423 g/mol. The van der Waals surface area contributed by atoms with Crippen molar-refractivity contribution in [1.82, 2.24) is 0 Å². The summed E-state index contributed by atoms with van der Waals surface area (Å²) in [6.07, 6.45) is 0.420. The first kappa shape index (κ1) is 13.9. The zero-order valence-electron chi connectivity index (χ0n) is 9.34. The van der Waals surface area contributed by atoms with Gasteiger partial charge in [-0.3, -0.25) is 0 Å². The third-order valence-electron chi connectivity index (χ3n) is 2.64. The summed E-state index contributed by atoms with van der Waals surface area (Å²) in [5.41, 5.74) is 1.45. The normalized spacial score (nSPS) is 12.4. The summed E-state index contributed by atoms with van der Waals surface area (Å²) in [4.78, 5) is -0.0245. The van der Waals surface area contributed by atoms with Crippen molar-refractivity contribution in [3.05, 3.63) is 68.8 Å². The van der Waals surface area contributed by atoms with Crippen molar-refractivity contribution >= 4 is 38.5 Å². The van der Waals surface area contributed by atoms with Gasteiger partial charge in [0.05, 0.1) is 0 Å². The molecule has 0 saturated carbocycles. The molecule has 0 spiro atoms. The topological polar surface area (TPSA) is 0 Å². The van der Waals surface area contributed by atoms with Gasteiger partial charge in [0, 0.05) is 8.40 Å². The summed E-state index contributed by atoms with van der Waals surface area (Å²) < 4.78 is 27.8.